The molecule has 3 atom stereocenters. The van der Waals surface area contributed by atoms with Crippen LogP contribution in [-0.2, 0) is 16.1 Å². The van der Waals surface area contributed by atoms with Crippen LogP contribution in [0.4, 0.5) is 22.0 Å². The van der Waals surface area contributed by atoms with Crippen LogP contribution in [0.2, 0.25) is 0 Å². The molecule has 1 aliphatic heterocycles. The Morgan fingerprint density at radius 2 is 1.88 bits per heavy atom. The maximum atomic E-state index is 13.8. The van der Waals surface area contributed by atoms with E-state index >= 15 is 0 Å². The van der Waals surface area contributed by atoms with Gasteiger partial charge in [-0.3, -0.25) is 4.90 Å². The number of morpholine rings is 1. The molecule has 2 heterocycles. The molecule has 1 saturated carbocycles. The van der Waals surface area contributed by atoms with Gasteiger partial charge in [-0.15, -0.1) is 0 Å². The van der Waals surface area contributed by atoms with Crippen LogP contribution in [0.1, 0.15) is 18.4 Å². The smallest absolute Gasteiger partial charge is 0.475 e. The molecule has 0 radical (unpaired) electrons. The molecular formula is C21H21F5N2O4. The second kappa shape index (κ2) is 10.2. The van der Waals surface area contributed by atoms with Crippen LogP contribution in [0.25, 0.3) is 0 Å². The number of ether oxygens (including phenoxy) is 2. The molecule has 2 aliphatic rings. The van der Waals surface area contributed by atoms with E-state index in [2.05, 4.69) is 9.88 Å². The summed E-state index contributed by atoms with van der Waals surface area (Å²) in [6.07, 6.45) is -2.15. The van der Waals surface area contributed by atoms with Crippen molar-refractivity contribution in [3.05, 3.63) is 59.8 Å². The van der Waals surface area contributed by atoms with E-state index in [4.69, 9.17) is 19.4 Å². The van der Waals surface area contributed by atoms with Gasteiger partial charge in [0.25, 0.3) is 5.88 Å². The van der Waals surface area contributed by atoms with Gasteiger partial charge in [0.1, 0.15) is 18.0 Å². The van der Waals surface area contributed by atoms with Gasteiger partial charge in [-0.1, -0.05) is 12.1 Å². The normalized spacial score (nSPS) is 23.1. The highest BCUT2D eigenvalue weighted by molar-refractivity contribution is 5.73. The number of fused-ring (bicyclic) bond motifs is 1. The van der Waals surface area contributed by atoms with Gasteiger partial charge in [0, 0.05) is 25.3 Å². The predicted octanol–water partition coefficient (Wildman–Crippen LogP) is 3.80. The summed E-state index contributed by atoms with van der Waals surface area (Å²) in [4.78, 5) is 15.2. The predicted molar refractivity (Wildman–Crippen MR) is 102 cm³/mol. The number of aliphatic carboxylic acids is 1. The van der Waals surface area contributed by atoms with E-state index in [0.29, 0.717) is 6.61 Å². The molecular weight excluding hydrogens is 439 g/mol. The van der Waals surface area contributed by atoms with Crippen LogP contribution in [0.3, 0.4) is 0 Å². The molecule has 4 rings (SSSR count). The van der Waals surface area contributed by atoms with E-state index in [1.807, 2.05) is 12.1 Å². The first-order chi connectivity index (χ1) is 15.1. The van der Waals surface area contributed by atoms with Crippen molar-refractivity contribution in [2.24, 2.45) is 0 Å². The van der Waals surface area contributed by atoms with Gasteiger partial charge >= 0.3 is 12.1 Å². The van der Waals surface area contributed by atoms with Gasteiger partial charge in [0.05, 0.1) is 6.61 Å². The minimum absolute atomic E-state index is 0.0346. The van der Waals surface area contributed by atoms with Crippen molar-refractivity contribution in [3.63, 3.8) is 0 Å². The summed E-state index contributed by atoms with van der Waals surface area (Å²) < 4.78 is 70.4. The SMILES string of the molecule is Fc1ccc(CN2CCO[C@H]3[C@H](Oc4ncccc4F)CC[C@@H]32)cc1.O=C(O)C(F)(F)F. The summed E-state index contributed by atoms with van der Waals surface area (Å²) in [6, 6.07) is 9.70. The zero-order chi connectivity index (χ0) is 23.3. The van der Waals surface area contributed by atoms with Gasteiger partial charge in [-0.25, -0.2) is 18.6 Å². The van der Waals surface area contributed by atoms with E-state index in [1.54, 1.807) is 6.07 Å². The second-order valence-corrected chi connectivity index (χ2v) is 7.33. The van der Waals surface area contributed by atoms with Crippen molar-refractivity contribution in [1.82, 2.24) is 9.88 Å². The lowest BCUT2D eigenvalue weighted by atomic mass is 10.1. The Morgan fingerprint density at radius 1 is 1.19 bits per heavy atom. The number of benzene rings is 1. The van der Waals surface area contributed by atoms with Crippen molar-refractivity contribution in [1.29, 1.82) is 0 Å². The number of rotatable bonds is 4. The fourth-order valence-electron chi connectivity index (χ4n) is 3.74. The topological polar surface area (TPSA) is 71.9 Å². The Morgan fingerprint density at radius 3 is 2.50 bits per heavy atom. The number of carboxylic acids is 1. The molecule has 1 aromatic carbocycles. The zero-order valence-corrected chi connectivity index (χ0v) is 16.8. The number of alkyl halides is 3. The summed E-state index contributed by atoms with van der Waals surface area (Å²) in [5.41, 5.74) is 1.07. The van der Waals surface area contributed by atoms with Gasteiger partial charge in [0.2, 0.25) is 0 Å². The summed E-state index contributed by atoms with van der Waals surface area (Å²) in [5, 5.41) is 7.12. The van der Waals surface area contributed by atoms with Crippen LogP contribution >= 0.6 is 0 Å². The third-order valence-corrected chi connectivity index (χ3v) is 5.18. The Balaban J connectivity index is 0.000000360. The molecule has 1 saturated heterocycles. The van der Waals surface area contributed by atoms with E-state index in [1.165, 1.54) is 24.4 Å². The molecule has 0 bridgehead atoms. The maximum Gasteiger partial charge on any atom is 0.490 e. The molecule has 174 valence electrons. The van der Waals surface area contributed by atoms with E-state index in [9.17, 15) is 22.0 Å². The third kappa shape index (κ3) is 6.13. The van der Waals surface area contributed by atoms with Crippen LogP contribution in [0.15, 0.2) is 42.6 Å². The lowest BCUT2D eigenvalue weighted by Crippen LogP contribution is -2.51. The fourth-order valence-corrected chi connectivity index (χ4v) is 3.74. The summed E-state index contributed by atoms with van der Waals surface area (Å²) in [5.74, 6) is -3.40. The number of carboxylic acid groups (broad SMARTS) is 1. The molecule has 0 amide bonds. The maximum absolute atomic E-state index is 13.8. The Hall–Kier alpha value is -2.79. The van der Waals surface area contributed by atoms with E-state index in [0.717, 1.165) is 31.5 Å². The van der Waals surface area contributed by atoms with Crippen LogP contribution in [-0.4, -0.2) is 58.5 Å². The van der Waals surface area contributed by atoms with Crippen molar-refractivity contribution >= 4 is 5.97 Å². The van der Waals surface area contributed by atoms with Crippen molar-refractivity contribution < 1.29 is 41.3 Å². The number of halogens is 5. The average Bonchev–Trinajstić information content (AvgIpc) is 3.15. The fraction of sp³-hybridized carbons (Fsp3) is 0.429. The average molecular weight is 460 g/mol. The number of nitrogens with zero attached hydrogens (tertiary/aromatic N) is 2. The summed E-state index contributed by atoms with van der Waals surface area (Å²) in [6.45, 7) is 2.17. The Bertz CT molecular complexity index is 910. The molecule has 0 spiro atoms. The van der Waals surface area contributed by atoms with Crippen molar-refractivity contribution in [2.75, 3.05) is 13.2 Å². The zero-order valence-electron chi connectivity index (χ0n) is 16.8. The van der Waals surface area contributed by atoms with E-state index in [-0.39, 0.29) is 29.9 Å². The van der Waals surface area contributed by atoms with Crippen LogP contribution in [0.5, 0.6) is 5.88 Å². The molecule has 0 unspecified atom stereocenters. The number of aromatic nitrogens is 1. The standard InChI is InChI=1S/C19H20F2N2O2.C2HF3O2/c20-14-5-3-13(4-6-14)12-23-10-11-24-18-16(23)7-8-17(18)25-19-15(21)2-1-9-22-19;3-2(4,5)1(6)7/h1-6,9,16-18H,7-8,10-12H2;(H,6,7)/t16-,17+,18+;/m0./s1. The van der Waals surface area contributed by atoms with Crippen molar-refractivity contribution in [3.8, 4) is 5.88 Å². The van der Waals surface area contributed by atoms with Crippen LogP contribution in [0, 0.1) is 11.6 Å². The number of pyridine rings is 1. The Labute approximate surface area is 180 Å². The highest BCUT2D eigenvalue weighted by Crippen LogP contribution is 2.33. The highest BCUT2D eigenvalue weighted by Gasteiger charge is 2.44. The van der Waals surface area contributed by atoms with Crippen LogP contribution < -0.4 is 4.74 Å². The molecule has 1 aromatic heterocycles. The Kier molecular flexibility index (Phi) is 7.62. The monoisotopic (exact) mass is 460 g/mol. The van der Waals surface area contributed by atoms with Gasteiger partial charge in [0.15, 0.2) is 5.82 Å². The first kappa shape index (κ1) is 23.9. The molecule has 11 heteroatoms. The van der Waals surface area contributed by atoms with Gasteiger partial charge in [-0.2, -0.15) is 13.2 Å². The number of hydrogen-bond acceptors (Lipinski definition) is 5. The van der Waals surface area contributed by atoms with Gasteiger partial charge < -0.3 is 14.6 Å². The molecule has 2 aromatic rings. The molecule has 6 nitrogen and oxygen atoms in total. The van der Waals surface area contributed by atoms with Gasteiger partial charge in [-0.05, 0) is 42.7 Å². The quantitative estimate of drug-likeness (QED) is 0.700. The second-order valence-electron chi connectivity index (χ2n) is 7.33. The molecule has 32 heavy (non-hydrogen) atoms. The highest BCUT2D eigenvalue weighted by atomic mass is 19.4. The first-order valence-corrected chi connectivity index (χ1v) is 9.82. The summed E-state index contributed by atoms with van der Waals surface area (Å²) >= 11 is 0. The molecule has 2 fully saturated rings. The minimum Gasteiger partial charge on any atom is -0.475 e. The third-order valence-electron chi connectivity index (χ3n) is 5.18. The minimum atomic E-state index is -5.08. The lowest BCUT2D eigenvalue weighted by molar-refractivity contribution is -0.192. The number of carbonyl (C=O) groups is 1. The molecule has 1 N–H and O–H groups in total. The van der Waals surface area contributed by atoms with Crippen molar-refractivity contribution in [2.45, 2.75) is 43.8 Å². The number of hydrogen-bond donors (Lipinski definition) is 1. The molecule has 1 aliphatic carbocycles. The van der Waals surface area contributed by atoms with E-state index < -0.39 is 18.0 Å². The lowest BCUT2D eigenvalue weighted by Gasteiger charge is -2.39. The largest absolute Gasteiger partial charge is 0.490 e. The first-order valence-electron chi connectivity index (χ1n) is 9.82. The summed E-state index contributed by atoms with van der Waals surface area (Å²) in [7, 11) is 0.